The highest BCUT2D eigenvalue weighted by Crippen LogP contribution is 2.37. The van der Waals surface area contributed by atoms with Crippen molar-refractivity contribution in [2.45, 2.75) is 23.4 Å². The van der Waals surface area contributed by atoms with Gasteiger partial charge in [-0.1, -0.05) is 0 Å². The number of sulfonamides is 1. The number of nitro benzene ring substituents is 1. The molecule has 2 heterocycles. The Hall–Kier alpha value is -3.00. The number of amides is 1. The maximum absolute atomic E-state index is 15.0. The van der Waals surface area contributed by atoms with Gasteiger partial charge < -0.3 is 20.3 Å². The lowest BCUT2D eigenvalue weighted by Gasteiger charge is -2.35. The summed E-state index contributed by atoms with van der Waals surface area (Å²) in [6.45, 7) is -0.330. The Bertz CT molecular complexity index is 1050. The standard InChI is InChI=1S/C14H17FN6O6S/c15-14(1-3-20(4-2-14)13(22)23)6-17-10-8(21(24)25)5-9(28(16,26)27)11-12(10)19-7-18-11/h5,7,17H,1-4,6H2,(H,18,19)(H,22,23)(H2,16,26,27). The molecule has 1 aliphatic rings. The van der Waals surface area contributed by atoms with Gasteiger partial charge in [0.15, 0.2) is 0 Å². The van der Waals surface area contributed by atoms with Crippen molar-refractivity contribution >= 4 is 38.5 Å². The van der Waals surface area contributed by atoms with Gasteiger partial charge in [0.05, 0.1) is 16.8 Å². The summed E-state index contributed by atoms with van der Waals surface area (Å²) in [5.74, 6) is 0. The molecule has 0 atom stereocenters. The maximum atomic E-state index is 15.0. The minimum atomic E-state index is -4.28. The van der Waals surface area contributed by atoms with Crippen LogP contribution in [0.3, 0.4) is 0 Å². The second-order valence-corrected chi connectivity index (χ2v) is 8.00. The molecule has 3 rings (SSSR count). The summed E-state index contributed by atoms with van der Waals surface area (Å²) in [5.41, 5.74) is -2.62. The van der Waals surface area contributed by atoms with Crippen LogP contribution in [0.5, 0.6) is 0 Å². The summed E-state index contributed by atoms with van der Waals surface area (Å²) in [6, 6.07) is 0.777. The predicted molar refractivity (Wildman–Crippen MR) is 95.3 cm³/mol. The molecular weight excluding hydrogens is 399 g/mol. The van der Waals surface area contributed by atoms with E-state index in [1.54, 1.807) is 0 Å². The SMILES string of the molecule is NS(=O)(=O)c1cc([N+](=O)[O-])c(NCC2(F)CCN(C(=O)O)CC2)c2[nH]cnc12. The van der Waals surface area contributed by atoms with E-state index in [0.717, 1.165) is 17.3 Å². The molecule has 28 heavy (non-hydrogen) atoms. The molecule has 0 saturated carbocycles. The molecule has 12 nitrogen and oxygen atoms in total. The van der Waals surface area contributed by atoms with E-state index in [-0.39, 0.29) is 49.2 Å². The zero-order valence-electron chi connectivity index (χ0n) is 14.4. The summed E-state index contributed by atoms with van der Waals surface area (Å²) in [7, 11) is -4.28. The number of nitrogens with two attached hydrogens (primary N) is 1. The number of H-pyrrole nitrogens is 1. The molecule has 0 bridgehead atoms. The van der Waals surface area contributed by atoms with Crippen molar-refractivity contribution < 1.29 is 27.6 Å². The molecule has 1 aliphatic heterocycles. The van der Waals surface area contributed by atoms with E-state index < -0.39 is 37.3 Å². The van der Waals surface area contributed by atoms with Crippen molar-refractivity contribution in [3.8, 4) is 0 Å². The van der Waals surface area contributed by atoms with Gasteiger partial charge in [0.25, 0.3) is 5.69 Å². The summed E-state index contributed by atoms with van der Waals surface area (Å²) < 4.78 is 38.5. The Morgan fingerprint density at radius 3 is 2.68 bits per heavy atom. The summed E-state index contributed by atoms with van der Waals surface area (Å²) in [4.78, 5) is 28.6. The van der Waals surface area contributed by atoms with Crippen molar-refractivity contribution in [3.05, 3.63) is 22.5 Å². The van der Waals surface area contributed by atoms with Crippen molar-refractivity contribution in [1.29, 1.82) is 0 Å². The average Bonchev–Trinajstić information content (AvgIpc) is 3.07. The number of imidazole rings is 1. The van der Waals surface area contributed by atoms with E-state index in [4.69, 9.17) is 10.2 Å². The quantitative estimate of drug-likeness (QED) is 0.411. The number of alkyl halides is 1. The van der Waals surface area contributed by atoms with Crippen molar-refractivity contribution in [1.82, 2.24) is 14.9 Å². The third kappa shape index (κ3) is 3.68. The fourth-order valence-electron chi connectivity index (χ4n) is 3.13. The number of nitrogens with one attached hydrogen (secondary N) is 2. The Balaban J connectivity index is 1.93. The summed E-state index contributed by atoms with van der Waals surface area (Å²) in [5, 5.41) is 28.2. The van der Waals surface area contributed by atoms with E-state index in [9.17, 15) is 23.3 Å². The van der Waals surface area contributed by atoms with Crippen molar-refractivity contribution in [2.24, 2.45) is 5.14 Å². The number of halogens is 1. The molecule has 152 valence electrons. The highest BCUT2D eigenvalue weighted by atomic mass is 32.2. The van der Waals surface area contributed by atoms with Gasteiger partial charge in [-0.05, 0) is 0 Å². The van der Waals surface area contributed by atoms with Gasteiger partial charge in [-0.25, -0.2) is 27.7 Å². The number of carboxylic acid groups (broad SMARTS) is 1. The van der Waals surface area contributed by atoms with Crippen LogP contribution in [0.4, 0.5) is 20.6 Å². The first-order valence-corrected chi connectivity index (χ1v) is 9.64. The van der Waals surface area contributed by atoms with Crippen LogP contribution in [0.15, 0.2) is 17.3 Å². The van der Waals surface area contributed by atoms with Crippen LogP contribution in [0.1, 0.15) is 12.8 Å². The molecule has 1 amide bonds. The van der Waals surface area contributed by atoms with Crippen LogP contribution in [0.2, 0.25) is 0 Å². The molecule has 1 fully saturated rings. The second kappa shape index (κ2) is 6.87. The minimum absolute atomic E-state index is 0.000566. The van der Waals surface area contributed by atoms with Crippen LogP contribution in [0.25, 0.3) is 11.0 Å². The third-order valence-corrected chi connectivity index (χ3v) is 5.59. The third-order valence-electron chi connectivity index (χ3n) is 4.66. The number of aromatic amines is 1. The number of primary sulfonamides is 1. The molecule has 5 N–H and O–H groups in total. The molecule has 1 saturated heterocycles. The van der Waals surface area contributed by atoms with Crippen LogP contribution in [-0.4, -0.2) is 64.7 Å². The minimum Gasteiger partial charge on any atom is -0.465 e. The highest BCUT2D eigenvalue weighted by molar-refractivity contribution is 7.89. The number of carbonyl (C=O) groups is 1. The Morgan fingerprint density at radius 2 is 2.14 bits per heavy atom. The van der Waals surface area contributed by atoms with Crippen LogP contribution in [-0.2, 0) is 10.0 Å². The number of likely N-dealkylation sites (tertiary alicyclic amines) is 1. The number of hydrogen-bond acceptors (Lipinski definition) is 7. The fraction of sp³-hybridized carbons (Fsp3) is 0.429. The van der Waals surface area contributed by atoms with Crippen molar-refractivity contribution in [2.75, 3.05) is 25.0 Å². The number of benzene rings is 1. The topological polar surface area (TPSA) is 185 Å². The van der Waals surface area contributed by atoms with E-state index in [1.165, 1.54) is 0 Å². The first-order chi connectivity index (χ1) is 13.0. The highest BCUT2D eigenvalue weighted by Gasteiger charge is 2.37. The van der Waals surface area contributed by atoms with Crippen LogP contribution in [0, 0.1) is 10.1 Å². The fourth-order valence-corrected chi connectivity index (χ4v) is 3.83. The Labute approximate surface area is 157 Å². The monoisotopic (exact) mass is 416 g/mol. The van der Waals surface area contributed by atoms with E-state index in [2.05, 4.69) is 15.3 Å². The first-order valence-electron chi connectivity index (χ1n) is 8.10. The number of hydrogen-bond donors (Lipinski definition) is 4. The lowest BCUT2D eigenvalue weighted by atomic mass is 9.93. The largest absolute Gasteiger partial charge is 0.465 e. The molecule has 0 aliphatic carbocycles. The summed E-state index contributed by atoms with van der Waals surface area (Å²) in [6.07, 6.45) is -0.156. The lowest BCUT2D eigenvalue weighted by Crippen LogP contribution is -2.47. The molecular formula is C14H17FN6O6S. The predicted octanol–water partition coefficient (Wildman–Crippen LogP) is 1.01. The first kappa shape index (κ1) is 19.8. The molecule has 1 aromatic carbocycles. The van der Waals surface area contributed by atoms with Gasteiger partial charge in [-0.3, -0.25) is 10.1 Å². The van der Waals surface area contributed by atoms with Crippen LogP contribution >= 0.6 is 0 Å². The molecule has 0 spiro atoms. The second-order valence-electron chi connectivity index (χ2n) is 6.47. The van der Waals surface area contributed by atoms with Gasteiger partial charge >= 0.3 is 6.09 Å². The van der Waals surface area contributed by atoms with Gasteiger partial charge in [-0.2, -0.15) is 0 Å². The number of rotatable bonds is 5. The summed E-state index contributed by atoms with van der Waals surface area (Å²) >= 11 is 0. The number of nitrogens with zero attached hydrogens (tertiary/aromatic N) is 3. The molecule has 2 aromatic rings. The molecule has 1 aromatic heterocycles. The van der Waals surface area contributed by atoms with Crippen LogP contribution < -0.4 is 10.5 Å². The smallest absolute Gasteiger partial charge is 0.407 e. The number of piperidine rings is 1. The zero-order valence-corrected chi connectivity index (χ0v) is 15.2. The Morgan fingerprint density at radius 1 is 1.50 bits per heavy atom. The number of aromatic nitrogens is 2. The van der Waals surface area contributed by atoms with Gasteiger partial charge in [0, 0.05) is 38.5 Å². The molecule has 14 heteroatoms. The number of fused-ring (bicyclic) bond motifs is 1. The lowest BCUT2D eigenvalue weighted by molar-refractivity contribution is -0.384. The average molecular weight is 416 g/mol. The normalized spacial score (nSPS) is 16.9. The van der Waals surface area contributed by atoms with E-state index >= 15 is 4.39 Å². The molecule has 0 radical (unpaired) electrons. The van der Waals surface area contributed by atoms with Gasteiger partial charge in [0.2, 0.25) is 10.0 Å². The van der Waals surface area contributed by atoms with Gasteiger partial charge in [-0.15, -0.1) is 0 Å². The molecule has 0 unspecified atom stereocenters. The van der Waals surface area contributed by atoms with E-state index in [0.29, 0.717) is 0 Å². The maximum Gasteiger partial charge on any atom is 0.407 e. The zero-order chi connectivity index (χ0) is 20.7. The van der Waals surface area contributed by atoms with Crippen molar-refractivity contribution in [3.63, 3.8) is 0 Å². The number of anilines is 1. The Kier molecular flexibility index (Phi) is 4.84. The van der Waals surface area contributed by atoms with Gasteiger partial charge in [0.1, 0.15) is 21.8 Å². The number of nitro groups is 1. The van der Waals surface area contributed by atoms with E-state index in [1.807, 2.05) is 0 Å².